The monoisotopic (exact) mass is 269 g/mol. The third-order valence-electron chi connectivity index (χ3n) is 2.30. The third-order valence-corrected chi connectivity index (χ3v) is 3.29. The normalized spacial score (nSPS) is 15.8. The van der Waals surface area contributed by atoms with Crippen LogP contribution < -0.4 is 5.73 Å². The maximum atomic E-state index is 11.7. The van der Waals surface area contributed by atoms with Gasteiger partial charge in [-0.05, 0) is 26.3 Å². The first-order valence-corrected chi connectivity index (χ1v) is 6.73. The van der Waals surface area contributed by atoms with Gasteiger partial charge in [0.15, 0.2) is 5.16 Å². The predicted molar refractivity (Wildman–Crippen MR) is 71.2 cm³/mol. The minimum atomic E-state index is -0.975. The molecule has 0 aliphatic heterocycles. The van der Waals surface area contributed by atoms with Crippen LogP contribution in [0.15, 0.2) is 23.6 Å². The number of hydrogen-bond donors (Lipinski definition) is 1. The molecule has 0 saturated carbocycles. The minimum absolute atomic E-state index is 0.131. The SMILES string of the molecule is CCOC(=O)C(C)(N)CC(C)Sc1ncccn1. The molecule has 6 heteroatoms. The van der Waals surface area contributed by atoms with E-state index in [4.69, 9.17) is 10.5 Å². The Bertz CT molecular complexity index is 384. The number of rotatable bonds is 6. The van der Waals surface area contributed by atoms with E-state index in [1.54, 1.807) is 32.3 Å². The molecule has 2 unspecified atom stereocenters. The van der Waals surface area contributed by atoms with Crippen molar-refractivity contribution in [3.63, 3.8) is 0 Å². The van der Waals surface area contributed by atoms with E-state index in [9.17, 15) is 4.79 Å². The van der Waals surface area contributed by atoms with Gasteiger partial charge in [0.2, 0.25) is 0 Å². The summed E-state index contributed by atoms with van der Waals surface area (Å²) in [6.07, 6.45) is 3.89. The molecule has 1 aromatic rings. The molecule has 1 rings (SSSR count). The quantitative estimate of drug-likeness (QED) is 0.480. The third kappa shape index (κ3) is 4.62. The summed E-state index contributed by atoms with van der Waals surface area (Å²) in [4.78, 5) is 19.9. The van der Waals surface area contributed by atoms with Crippen molar-refractivity contribution in [1.82, 2.24) is 9.97 Å². The van der Waals surface area contributed by atoms with Gasteiger partial charge in [-0.25, -0.2) is 9.97 Å². The van der Waals surface area contributed by atoms with Crippen molar-refractivity contribution in [3.05, 3.63) is 18.5 Å². The molecule has 1 heterocycles. The number of hydrogen-bond acceptors (Lipinski definition) is 6. The Morgan fingerprint density at radius 3 is 2.72 bits per heavy atom. The lowest BCUT2D eigenvalue weighted by atomic mass is 9.98. The summed E-state index contributed by atoms with van der Waals surface area (Å²) in [5, 5.41) is 0.816. The van der Waals surface area contributed by atoms with E-state index in [2.05, 4.69) is 9.97 Å². The van der Waals surface area contributed by atoms with Gasteiger partial charge in [-0.1, -0.05) is 18.7 Å². The summed E-state index contributed by atoms with van der Waals surface area (Å²) in [6, 6.07) is 1.76. The van der Waals surface area contributed by atoms with E-state index in [0.29, 0.717) is 18.2 Å². The highest BCUT2D eigenvalue weighted by atomic mass is 32.2. The number of thioether (sulfide) groups is 1. The second kappa shape index (κ2) is 6.70. The molecule has 1 aromatic heterocycles. The molecule has 100 valence electrons. The van der Waals surface area contributed by atoms with Crippen molar-refractivity contribution in [2.75, 3.05) is 6.61 Å². The van der Waals surface area contributed by atoms with Crippen molar-refractivity contribution in [2.24, 2.45) is 5.73 Å². The molecule has 0 aromatic carbocycles. The van der Waals surface area contributed by atoms with Gasteiger partial charge in [0.05, 0.1) is 6.61 Å². The van der Waals surface area contributed by atoms with Crippen LogP contribution in [-0.2, 0) is 9.53 Å². The first-order valence-electron chi connectivity index (χ1n) is 5.85. The highest BCUT2D eigenvalue weighted by Gasteiger charge is 2.32. The van der Waals surface area contributed by atoms with Gasteiger partial charge in [0.25, 0.3) is 0 Å². The Morgan fingerprint density at radius 2 is 2.17 bits per heavy atom. The highest BCUT2D eigenvalue weighted by molar-refractivity contribution is 7.99. The molecule has 2 N–H and O–H groups in total. The predicted octanol–water partition coefficient (Wildman–Crippen LogP) is 1.63. The van der Waals surface area contributed by atoms with Crippen LogP contribution in [0.4, 0.5) is 0 Å². The molecule has 18 heavy (non-hydrogen) atoms. The zero-order valence-corrected chi connectivity index (χ0v) is 11.7. The van der Waals surface area contributed by atoms with Crippen molar-refractivity contribution in [2.45, 2.75) is 43.1 Å². The number of carbonyl (C=O) groups is 1. The maximum Gasteiger partial charge on any atom is 0.325 e. The van der Waals surface area contributed by atoms with Crippen molar-refractivity contribution >= 4 is 17.7 Å². The molecule has 0 bridgehead atoms. The van der Waals surface area contributed by atoms with Crippen LogP contribution in [0.5, 0.6) is 0 Å². The minimum Gasteiger partial charge on any atom is -0.465 e. The van der Waals surface area contributed by atoms with Crippen molar-refractivity contribution in [1.29, 1.82) is 0 Å². The standard InChI is InChI=1S/C12H19N3O2S/c1-4-17-10(16)12(3,13)8-9(2)18-11-14-6-5-7-15-11/h5-7,9H,4,8,13H2,1-3H3. The van der Waals surface area contributed by atoms with E-state index < -0.39 is 5.54 Å². The Labute approximate surface area is 112 Å². The number of carbonyl (C=O) groups excluding carboxylic acids is 1. The van der Waals surface area contributed by atoms with Gasteiger partial charge in [-0.15, -0.1) is 0 Å². The largest absolute Gasteiger partial charge is 0.465 e. The molecule has 0 spiro atoms. The molecule has 0 saturated heterocycles. The summed E-state index contributed by atoms with van der Waals surface area (Å²) >= 11 is 1.50. The fourth-order valence-electron chi connectivity index (χ4n) is 1.54. The molecule has 2 atom stereocenters. The average Bonchev–Trinajstić information content (AvgIpc) is 2.29. The van der Waals surface area contributed by atoms with Gasteiger partial charge in [-0.2, -0.15) is 0 Å². The van der Waals surface area contributed by atoms with Gasteiger partial charge in [0.1, 0.15) is 5.54 Å². The number of aromatic nitrogens is 2. The molecule has 0 radical (unpaired) electrons. The van der Waals surface area contributed by atoms with Gasteiger partial charge >= 0.3 is 5.97 Å². The van der Waals surface area contributed by atoms with E-state index in [0.717, 1.165) is 0 Å². The van der Waals surface area contributed by atoms with Crippen LogP contribution in [-0.4, -0.2) is 33.3 Å². The summed E-state index contributed by atoms with van der Waals surface area (Å²) in [7, 11) is 0. The molecule has 0 amide bonds. The van der Waals surface area contributed by atoms with E-state index in [-0.39, 0.29) is 11.2 Å². The van der Waals surface area contributed by atoms with Crippen LogP contribution in [0.3, 0.4) is 0 Å². The first-order chi connectivity index (χ1) is 8.45. The van der Waals surface area contributed by atoms with Gasteiger partial charge in [-0.3, -0.25) is 4.79 Å². The summed E-state index contributed by atoms with van der Waals surface area (Å²) in [6.45, 7) is 5.79. The zero-order valence-electron chi connectivity index (χ0n) is 10.9. The highest BCUT2D eigenvalue weighted by Crippen LogP contribution is 2.25. The van der Waals surface area contributed by atoms with Crippen LogP contribution >= 0.6 is 11.8 Å². The zero-order chi connectivity index (χ0) is 13.6. The maximum absolute atomic E-state index is 11.7. The first kappa shape index (κ1) is 14.9. The van der Waals surface area contributed by atoms with Gasteiger partial charge < -0.3 is 10.5 Å². The summed E-state index contributed by atoms with van der Waals surface area (Å²) in [5.74, 6) is -0.369. The van der Waals surface area contributed by atoms with Crippen molar-refractivity contribution < 1.29 is 9.53 Å². The second-order valence-corrected chi connectivity index (χ2v) is 5.71. The Morgan fingerprint density at radius 1 is 1.56 bits per heavy atom. The summed E-state index contributed by atoms with van der Waals surface area (Å²) < 4.78 is 4.95. The summed E-state index contributed by atoms with van der Waals surface area (Å²) in [5.41, 5.74) is 5.00. The molecular weight excluding hydrogens is 250 g/mol. The number of ether oxygens (including phenoxy) is 1. The van der Waals surface area contributed by atoms with E-state index in [1.807, 2.05) is 6.92 Å². The van der Waals surface area contributed by atoms with Crippen LogP contribution in [0.25, 0.3) is 0 Å². The topological polar surface area (TPSA) is 78.1 Å². The Hall–Kier alpha value is -1.14. The molecule has 5 nitrogen and oxygen atoms in total. The fourth-order valence-corrected chi connectivity index (χ4v) is 2.58. The van der Waals surface area contributed by atoms with Gasteiger partial charge in [0, 0.05) is 17.6 Å². The molecule has 0 fully saturated rings. The van der Waals surface area contributed by atoms with E-state index in [1.165, 1.54) is 11.8 Å². The fraction of sp³-hybridized carbons (Fsp3) is 0.583. The van der Waals surface area contributed by atoms with Crippen LogP contribution in [0.1, 0.15) is 27.2 Å². The Kier molecular flexibility index (Phi) is 5.55. The molecular formula is C12H19N3O2S. The average molecular weight is 269 g/mol. The Balaban J connectivity index is 2.53. The lowest BCUT2D eigenvalue weighted by Gasteiger charge is -2.24. The number of esters is 1. The lowest BCUT2D eigenvalue weighted by Crippen LogP contribution is -2.47. The number of nitrogens with zero attached hydrogens (tertiary/aromatic N) is 2. The lowest BCUT2D eigenvalue weighted by molar-refractivity contribution is -0.149. The van der Waals surface area contributed by atoms with Crippen LogP contribution in [0, 0.1) is 0 Å². The van der Waals surface area contributed by atoms with Crippen molar-refractivity contribution in [3.8, 4) is 0 Å². The molecule has 0 aliphatic carbocycles. The number of nitrogens with two attached hydrogens (primary N) is 1. The molecule has 0 aliphatic rings. The van der Waals surface area contributed by atoms with Crippen LogP contribution in [0.2, 0.25) is 0 Å². The van der Waals surface area contributed by atoms with E-state index >= 15 is 0 Å². The second-order valence-electron chi connectivity index (χ2n) is 4.30. The smallest absolute Gasteiger partial charge is 0.325 e.